The minimum absolute atomic E-state index is 0.250. The van der Waals surface area contributed by atoms with Crippen LogP contribution >= 0.6 is 0 Å². The number of hydrogen-bond acceptors (Lipinski definition) is 6. The van der Waals surface area contributed by atoms with Gasteiger partial charge in [-0.2, -0.15) is 4.98 Å². The van der Waals surface area contributed by atoms with E-state index in [1.54, 1.807) is 7.11 Å². The molecule has 1 heterocycles. The highest BCUT2D eigenvalue weighted by molar-refractivity contribution is 4.99. The normalized spacial score (nSPS) is 14.4. The third-order valence-electron chi connectivity index (χ3n) is 2.36. The summed E-state index contributed by atoms with van der Waals surface area (Å²) in [6.45, 7) is 4.40. The largest absolute Gasteiger partial charge is 0.369 e. The molecule has 2 N–H and O–H groups in total. The van der Waals surface area contributed by atoms with Crippen molar-refractivity contribution in [1.29, 1.82) is 0 Å². The molecule has 0 amide bonds. The molecule has 16 heavy (non-hydrogen) atoms. The maximum absolute atomic E-state index is 5.93. The van der Waals surface area contributed by atoms with Gasteiger partial charge in [0.2, 0.25) is 0 Å². The van der Waals surface area contributed by atoms with Crippen LogP contribution in [0.5, 0.6) is 0 Å². The zero-order chi connectivity index (χ0) is 12.3. The van der Waals surface area contributed by atoms with E-state index in [9.17, 15) is 0 Å². The molecule has 1 rings (SSSR count). The van der Waals surface area contributed by atoms with Gasteiger partial charge in [-0.3, -0.25) is 0 Å². The van der Waals surface area contributed by atoms with Crippen LogP contribution in [0.4, 0.5) is 0 Å². The number of aromatic nitrogens is 2. The van der Waals surface area contributed by atoms with Crippen LogP contribution in [0, 0.1) is 0 Å². The molecule has 0 aliphatic heterocycles. The van der Waals surface area contributed by atoms with Crippen molar-refractivity contribution >= 4 is 0 Å². The minimum Gasteiger partial charge on any atom is -0.369 e. The van der Waals surface area contributed by atoms with E-state index in [4.69, 9.17) is 15.0 Å². The second-order valence-corrected chi connectivity index (χ2v) is 4.54. The predicted molar refractivity (Wildman–Crippen MR) is 59.8 cm³/mol. The number of nitrogens with two attached hydrogens (primary N) is 1. The zero-order valence-corrected chi connectivity index (χ0v) is 10.5. The Morgan fingerprint density at radius 1 is 1.50 bits per heavy atom. The Bertz CT molecular complexity index is 335. The van der Waals surface area contributed by atoms with E-state index in [-0.39, 0.29) is 6.04 Å². The van der Waals surface area contributed by atoms with Gasteiger partial charge in [0.15, 0.2) is 5.82 Å². The Labute approximate surface area is 95.7 Å². The molecule has 0 aliphatic carbocycles. The Morgan fingerprint density at radius 2 is 2.12 bits per heavy atom. The molecule has 6 nitrogen and oxygen atoms in total. The fraction of sp³-hybridized carbons (Fsp3) is 0.800. The van der Waals surface area contributed by atoms with Gasteiger partial charge in [0.1, 0.15) is 5.60 Å². The second-order valence-electron chi connectivity index (χ2n) is 4.54. The molecule has 0 bridgehead atoms. The fourth-order valence-corrected chi connectivity index (χ4v) is 1.19. The first-order valence-corrected chi connectivity index (χ1v) is 5.16. The van der Waals surface area contributed by atoms with Gasteiger partial charge < -0.3 is 19.9 Å². The number of nitrogens with zero attached hydrogens (tertiary/aromatic N) is 3. The highest BCUT2D eigenvalue weighted by Gasteiger charge is 2.28. The average Bonchev–Trinajstić information content (AvgIpc) is 2.66. The monoisotopic (exact) mass is 228 g/mol. The van der Waals surface area contributed by atoms with E-state index < -0.39 is 5.60 Å². The van der Waals surface area contributed by atoms with Gasteiger partial charge in [-0.25, -0.2) is 0 Å². The van der Waals surface area contributed by atoms with Crippen LogP contribution in [-0.2, 0) is 10.3 Å². The molecule has 1 unspecified atom stereocenters. The lowest BCUT2D eigenvalue weighted by Crippen LogP contribution is -2.27. The topological polar surface area (TPSA) is 77.4 Å². The van der Waals surface area contributed by atoms with Crippen LogP contribution < -0.4 is 5.73 Å². The number of likely N-dealkylation sites (N-methyl/N-ethyl adjacent to an activating group) is 1. The molecule has 0 radical (unpaired) electrons. The van der Waals surface area contributed by atoms with Crippen molar-refractivity contribution in [3.63, 3.8) is 0 Å². The molecule has 1 aromatic heterocycles. The van der Waals surface area contributed by atoms with Gasteiger partial charge in [-0.05, 0) is 27.9 Å². The maximum Gasteiger partial charge on any atom is 0.258 e. The number of hydrogen-bond donors (Lipinski definition) is 1. The van der Waals surface area contributed by atoms with Crippen molar-refractivity contribution in [3.05, 3.63) is 11.7 Å². The lowest BCUT2D eigenvalue weighted by atomic mass is 10.1. The lowest BCUT2D eigenvalue weighted by Gasteiger charge is -2.17. The zero-order valence-electron chi connectivity index (χ0n) is 10.5. The first-order valence-electron chi connectivity index (χ1n) is 5.16. The molecule has 0 fully saturated rings. The Morgan fingerprint density at radius 3 is 2.62 bits per heavy atom. The molecule has 0 aromatic carbocycles. The van der Waals surface area contributed by atoms with Crippen molar-refractivity contribution in [2.45, 2.75) is 25.5 Å². The molecule has 6 heteroatoms. The van der Waals surface area contributed by atoms with Crippen LogP contribution in [0.25, 0.3) is 0 Å². The first-order chi connectivity index (χ1) is 7.36. The summed E-state index contributed by atoms with van der Waals surface area (Å²) in [7, 11) is 5.49. The highest BCUT2D eigenvalue weighted by Crippen LogP contribution is 2.22. The summed E-state index contributed by atoms with van der Waals surface area (Å²) in [6.07, 6.45) is 0. The van der Waals surface area contributed by atoms with Gasteiger partial charge in [-0.1, -0.05) is 5.16 Å². The molecule has 1 aromatic rings. The van der Waals surface area contributed by atoms with E-state index >= 15 is 0 Å². The quantitative estimate of drug-likeness (QED) is 0.791. The first kappa shape index (κ1) is 13.1. The predicted octanol–water partition coefficient (Wildman–Crippen LogP) is 0.512. The Kier molecular flexibility index (Phi) is 4.01. The average molecular weight is 228 g/mol. The molecule has 0 saturated heterocycles. The molecule has 0 saturated carbocycles. The van der Waals surface area contributed by atoms with Crippen molar-refractivity contribution in [3.8, 4) is 0 Å². The van der Waals surface area contributed by atoms with E-state index in [2.05, 4.69) is 10.1 Å². The standard InChI is InChI=1S/C10H20N4O2/c1-10(2,15-5)9-12-8(13-16-9)7(11)6-14(3)4/h7H,6,11H2,1-5H3. The molecule has 0 spiro atoms. The molecule has 1 atom stereocenters. The highest BCUT2D eigenvalue weighted by atomic mass is 16.5. The number of rotatable bonds is 5. The number of methoxy groups -OCH3 is 1. The van der Waals surface area contributed by atoms with Crippen LogP contribution in [0.1, 0.15) is 31.6 Å². The van der Waals surface area contributed by atoms with Crippen LogP contribution in [-0.4, -0.2) is 42.8 Å². The molecular weight excluding hydrogens is 208 g/mol. The van der Waals surface area contributed by atoms with Crippen LogP contribution in [0.15, 0.2) is 4.52 Å². The molecule has 0 aliphatic rings. The van der Waals surface area contributed by atoms with Crippen LogP contribution in [0.2, 0.25) is 0 Å². The van der Waals surface area contributed by atoms with Gasteiger partial charge in [0.25, 0.3) is 5.89 Å². The Balaban J connectivity index is 2.79. The van der Waals surface area contributed by atoms with Gasteiger partial charge in [-0.15, -0.1) is 0 Å². The third-order valence-corrected chi connectivity index (χ3v) is 2.36. The van der Waals surface area contributed by atoms with Crippen molar-refractivity contribution in [2.24, 2.45) is 5.73 Å². The summed E-state index contributed by atoms with van der Waals surface area (Å²) >= 11 is 0. The summed E-state index contributed by atoms with van der Waals surface area (Å²) in [5.41, 5.74) is 5.35. The lowest BCUT2D eigenvalue weighted by molar-refractivity contribution is -0.00786. The fourth-order valence-electron chi connectivity index (χ4n) is 1.19. The minimum atomic E-state index is -0.580. The molecular formula is C10H20N4O2. The SMILES string of the molecule is COC(C)(C)c1nc(C(N)CN(C)C)no1. The van der Waals surface area contributed by atoms with Crippen molar-refractivity contribution in [2.75, 3.05) is 27.7 Å². The summed E-state index contributed by atoms with van der Waals surface area (Å²) < 4.78 is 10.4. The summed E-state index contributed by atoms with van der Waals surface area (Å²) in [5, 5.41) is 3.87. The maximum atomic E-state index is 5.93. The second kappa shape index (κ2) is 4.90. The summed E-state index contributed by atoms with van der Waals surface area (Å²) in [5.74, 6) is 0.952. The Hall–Kier alpha value is -0.980. The van der Waals surface area contributed by atoms with Crippen molar-refractivity contribution < 1.29 is 9.26 Å². The summed E-state index contributed by atoms with van der Waals surface area (Å²) in [6, 6.07) is -0.250. The van der Waals surface area contributed by atoms with E-state index in [1.165, 1.54) is 0 Å². The molecule has 92 valence electrons. The van der Waals surface area contributed by atoms with E-state index in [0.717, 1.165) is 0 Å². The van der Waals surface area contributed by atoms with Gasteiger partial charge >= 0.3 is 0 Å². The number of ether oxygens (including phenoxy) is 1. The van der Waals surface area contributed by atoms with Crippen molar-refractivity contribution in [1.82, 2.24) is 15.0 Å². The van der Waals surface area contributed by atoms with E-state index in [0.29, 0.717) is 18.3 Å². The third kappa shape index (κ3) is 3.01. The smallest absolute Gasteiger partial charge is 0.258 e. The van der Waals surface area contributed by atoms with Gasteiger partial charge in [0, 0.05) is 13.7 Å². The summed E-state index contributed by atoms with van der Waals surface area (Å²) in [4.78, 5) is 6.23. The van der Waals surface area contributed by atoms with Crippen LogP contribution in [0.3, 0.4) is 0 Å². The van der Waals surface area contributed by atoms with Gasteiger partial charge in [0.05, 0.1) is 6.04 Å². The van der Waals surface area contributed by atoms with E-state index in [1.807, 2.05) is 32.8 Å².